The van der Waals surface area contributed by atoms with Crippen molar-refractivity contribution in [2.45, 2.75) is 6.42 Å². The number of hydrogen-bond acceptors (Lipinski definition) is 3. The normalized spacial score (nSPS) is 10.1. The smallest absolute Gasteiger partial charge is 0.339 e. The molecule has 0 saturated heterocycles. The number of benzene rings is 2. The molecular weight excluding hydrogens is 292 g/mol. The van der Waals surface area contributed by atoms with Gasteiger partial charge in [0.2, 0.25) is 5.91 Å². The second-order valence-corrected chi connectivity index (χ2v) is 4.84. The maximum absolute atomic E-state index is 12.0. The van der Waals surface area contributed by atoms with Crippen LogP contribution in [0, 0.1) is 0 Å². The third kappa shape index (κ3) is 3.73. The molecule has 0 aromatic heterocycles. The van der Waals surface area contributed by atoms with Gasteiger partial charge in [0.15, 0.2) is 0 Å². The fraction of sp³-hybridized carbons (Fsp3) is 0.0667. The van der Waals surface area contributed by atoms with Gasteiger partial charge in [0.05, 0.1) is 17.1 Å². The molecule has 0 fully saturated rings. The summed E-state index contributed by atoms with van der Waals surface area (Å²) in [6.45, 7) is 0. The predicted molar refractivity (Wildman–Crippen MR) is 81.6 cm³/mol. The van der Waals surface area contributed by atoms with E-state index in [1.807, 2.05) is 0 Å². The number of nitrogens with one attached hydrogen (secondary N) is 1. The largest absolute Gasteiger partial charge is 0.478 e. The Morgan fingerprint density at radius 3 is 2.57 bits per heavy atom. The van der Waals surface area contributed by atoms with E-state index in [4.69, 9.17) is 22.4 Å². The van der Waals surface area contributed by atoms with Gasteiger partial charge in [-0.2, -0.15) is 0 Å². The summed E-state index contributed by atoms with van der Waals surface area (Å²) in [5.41, 5.74) is 7.00. The lowest BCUT2D eigenvalue weighted by atomic mass is 10.1. The minimum Gasteiger partial charge on any atom is -0.478 e. The molecule has 6 heteroatoms. The van der Waals surface area contributed by atoms with Crippen LogP contribution in [-0.4, -0.2) is 17.0 Å². The lowest BCUT2D eigenvalue weighted by Crippen LogP contribution is -2.17. The number of nitrogens with two attached hydrogens (primary N) is 1. The Kier molecular flexibility index (Phi) is 4.45. The number of amides is 1. The Morgan fingerprint density at radius 2 is 1.90 bits per heavy atom. The third-order valence-electron chi connectivity index (χ3n) is 2.82. The summed E-state index contributed by atoms with van der Waals surface area (Å²) in [7, 11) is 0. The molecule has 0 spiro atoms. The Labute approximate surface area is 126 Å². The zero-order valence-electron chi connectivity index (χ0n) is 11.0. The molecule has 4 N–H and O–H groups in total. The number of carbonyl (C=O) groups excluding carboxylic acids is 1. The average molecular weight is 305 g/mol. The first-order valence-corrected chi connectivity index (χ1v) is 6.51. The molecule has 0 saturated carbocycles. The average Bonchev–Trinajstić information content (AvgIpc) is 2.37. The van der Waals surface area contributed by atoms with E-state index < -0.39 is 5.97 Å². The predicted octanol–water partition coefficient (Wildman–Crippen LogP) is 2.80. The van der Waals surface area contributed by atoms with Gasteiger partial charge >= 0.3 is 5.97 Å². The molecule has 0 bridgehead atoms. The van der Waals surface area contributed by atoms with Gasteiger partial charge in [0.25, 0.3) is 0 Å². The van der Waals surface area contributed by atoms with Crippen molar-refractivity contribution in [3.8, 4) is 0 Å². The number of carboxylic acids is 1. The summed E-state index contributed by atoms with van der Waals surface area (Å²) in [5.74, 6) is -1.54. The van der Waals surface area contributed by atoms with Crippen molar-refractivity contribution in [3.63, 3.8) is 0 Å². The molecule has 0 heterocycles. The number of rotatable bonds is 4. The first-order chi connectivity index (χ1) is 9.97. The maximum Gasteiger partial charge on any atom is 0.339 e. The topological polar surface area (TPSA) is 92.4 Å². The summed E-state index contributed by atoms with van der Waals surface area (Å²) in [5, 5.41) is 11.8. The molecule has 0 unspecified atom stereocenters. The van der Waals surface area contributed by atoms with Crippen LogP contribution in [0.3, 0.4) is 0 Å². The van der Waals surface area contributed by atoms with Crippen LogP contribution in [0.5, 0.6) is 0 Å². The van der Waals surface area contributed by atoms with Gasteiger partial charge in [-0.25, -0.2) is 4.79 Å². The van der Waals surface area contributed by atoms with Gasteiger partial charge in [-0.15, -0.1) is 0 Å². The van der Waals surface area contributed by atoms with Crippen LogP contribution < -0.4 is 11.1 Å². The molecule has 0 radical (unpaired) electrons. The van der Waals surface area contributed by atoms with E-state index in [2.05, 4.69) is 5.32 Å². The highest BCUT2D eigenvalue weighted by molar-refractivity contribution is 6.34. The minimum atomic E-state index is -1.19. The first-order valence-electron chi connectivity index (χ1n) is 6.13. The molecule has 0 atom stereocenters. The molecule has 2 aromatic rings. The summed E-state index contributed by atoms with van der Waals surface area (Å²) in [6.07, 6.45) is 0.0939. The van der Waals surface area contributed by atoms with Gasteiger partial charge in [-0.3, -0.25) is 4.79 Å². The lowest BCUT2D eigenvalue weighted by Gasteiger charge is -2.10. The van der Waals surface area contributed by atoms with Crippen LogP contribution >= 0.6 is 11.6 Å². The van der Waals surface area contributed by atoms with Crippen LogP contribution in [0.2, 0.25) is 5.02 Å². The SMILES string of the molecule is Nc1cccc(CC(=O)Nc2cccc(Cl)c2C(=O)O)c1. The highest BCUT2D eigenvalue weighted by Gasteiger charge is 2.16. The molecule has 0 aliphatic heterocycles. The van der Waals surface area contributed by atoms with Crippen LogP contribution in [0.15, 0.2) is 42.5 Å². The summed E-state index contributed by atoms with van der Waals surface area (Å²) in [6, 6.07) is 11.5. The maximum atomic E-state index is 12.0. The fourth-order valence-corrected chi connectivity index (χ4v) is 2.18. The van der Waals surface area contributed by atoms with Gasteiger partial charge in [-0.1, -0.05) is 29.8 Å². The zero-order valence-corrected chi connectivity index (χ0v) is 11.7. The fourth-order valence-electron chi connectivity index (χ4n) is 1.93. The molecule has 0 aliphatic rings. The summed E-state index contributed by atoms with van der Waals surface area (Å²) < 4.78 is 0. The summed E-state index contributed by atoms with van der Waals surface area (Å²) in [4.78, 5) is 23.2. The Bertz CT molecular complexity index is 701. The molecule has 2 aromatic carbocycles. The van der Waals surface area contributed by atoms with Crippen LogP contribution in [0.1, 0.15) is 15.9 Å². The standard InChI is InChI=1S/C15H13ClN2O3/c16-11-5-2-6-12(14(11)15(20)21)18-13(19)8-9-3-1-4-10(17)7-9/h1-7H,8,17H2,(H,18,19)(H,20,21). The molecule has 0 aliphatic carbocycles. The number of halogens is 1. The third-order valence-corrected chi connectivity index (χ3v) is 3.13. The van der Waals surface area contributed by atoms with Crippen LogP contribution in [0.25, 0.3) is 0 Å². The monoisotopic (exact) mass is 304 g/mol. The first kappa shape index (κ1) is 14.9. The molecule has 2 rings (SSSR count). The number of nitrogen functional groups attached to an aromatic ring is 1. The van der Waals surface area contributed by atoms with E-state index in [-0.39, 0.29) is 28.6 Å². The summed E-state index contributed by atoms with van der Waals surface area (Å²) >= 11 is 5.84. The molecule has 1 amide bonds. The van der Waals surface area contributed by atoms with Crippen molar-refractivity contribution in [3.05, 3.63) is 58.6 Å². The van der Waals surface area contributed by atoms with Crippen LogP contribution in [0.4, 0.5) is 11.4 Å². The molecular formula is C15H13ClN2O3. The molecule has 108 valence electrons. The van der Waals surface area contributed by atoms with Crippen molar-refractivity contribution < 1.29 is 14.7 Å². The number of carbonyl (C=O) groups is 2. The van der Waals surface area contributed by atoms with Crippen molar-refractivity contribution in [2.24, 2.45) is 0 Å². The van der Waals surface area contributed by atoms with Gasteiger partial charge < -0.3 is 16.2 Å². The Hall–Kier alpha value is -2.53. The van der Waals surface area contributed by atoms with Crippen molar-refractivity contribution in [2.75, 3.05) is 11.1 Å². The Balaban J connectivity index is 2.17. The minimum absolute atomic E-state index is 0.0734. The van der Waals surface area contributed by atoms with E-state index in [0.717, 1.165) is 5.56 Å². The van der Waals surface area contributed by atoms with Gasteiger partial charge in [-0.05, 0) is 29.8 Å². The Morgan fingerprint density at radius 1 is 1.19 bits per heavy atom. The highest BCUT2D eigenvalue weighted by Crippen LogP contribution is 2.24. The van der Waals surface area contributed by atoms with E-state index in [9.17, 15) is 9.59 Å². The van der Waals surface area contributed by atoms with Crippen LogP contribution in [-0.2, 0) is 11.2 Å². The van der Waals surface area contributed by atoms with Gasteiger partial charge in [0.1, 0.15) is 5.56 Å². The molecule has 5 nitrogen and oxygen atoms in total. The second-order valence-electron chi connectivity index (χ2n) is 4.44. The van der Waals surface area contributed by atoms with E-state index in [1.165, 1.54) is 12.1 Å². The number of hydrogen-bond donors (Lipinski definition) is 3. The van der Waals surface area contributed by atoms with E-state index in [1.54, 1.807) is 30.3 Å². The van der Waals surface area contributed by atoms with Gasteiger partial charge in [0, 0.05) is 5.69 Å². The van der Waals surface area contributed by atoms with E-state index in [0.29, 0.717) is 5.69 Å². The number of anilines is 2. The highest BCUT2D eigenvalue weighted by atomic mass is 35.5. The van der Waals surface area contributed by atoms with Crippen molar-refractivity contribution >= 4 is 34.9 Å². The zero-order chi connectivity index (χ0) is 15.4. The second kappa shape index (κ2) is 6.28. The molecule has 21 heavy (non-hydrogen) atoms. The van der Waals surface area contributed by atoms with Crippen molar-refractivity contribution in [1.29, 1.82) is 0 Å². The van der Waals surface area contributed by atoms with Crippen molar-refractivity contribution in [1.82, 2.24) is 0 Å². The lowest BCUT2D eigenvalue weighted by molar-refractivity contribution is -0.115. The quantitative estimate of drug-likeness (QED) is 0.757. The number of aromatic carboxylic acids is 1. The number of carboxylic acid groups (broad SMARTS) is 1. The van der Waals surface area contributed by atoms with E-state index >= 15 is 0 Å².